The molecule has 0 radical (unpaired) electrons. The Hall–Kier alpha value is -0.800. The van der Waals surface area contributed by atoms with Gasteiger partial charge in [0.05, 0.1) is 16.1 Å². The van der Waals surface area contributed by atoms with Crippen molar-refractivity contribution in [3.63, 3.8) is 0 Å². The molecule has 1 aliphatic carbocycles. The molecule has 4 heteroatoms. The van der Waals surface area contributed by atoms with Gasteiger partial charge in [-0.3, -0.25) is 0 Å². The highest BCUT2D eigenvalue weighted by atomic mass is 35.5. The minimum Gasteiger partial charge on any atom is -0.331 e. The maximum absolute atomic E-state index is 6.43. The molecule has 108 valence electrons. The average Bonchev–Trinajstić information content (AvgIpc) is 2.79. The fourth-order valence-electron chi connectivity index (χ4n) is 3.70. The predicted octanol–water partition coefficient (Wildman–Crippen LogP) is 5.88. The average molecular weight is 309 g/mol. The standard InChI is InChI=1S/C16H21ClN2S/c1-2-14(11-7-4-3-5-8-11)19-15-12(17)9-6-10-13(15)18-16(19)20/h6,9-11,14H,2-5,7-8H2,1H3,(H,18,20). The van der Waals surface area contributed by atoms with Crippen LogP contribution in [0.15, 0.2) is 18.2 Å². The van der Waals surface area contributed by atoms with Crippen LogP contribution in [0.3, 0.4) is 0 Å². The van der Waals surface area contributed by atoms with E-state index in [-0.39, 0.29) is 0 Å². The Morgan fingerprint density at radius 3 is 2.80 bits per heavy atom. The normalized spacial score (nSPS) is 18.5. The number of nitrogens with zero attached hydrogens (tertiary/aromatic N) is 1. The van der Waals surface area contributed by atoms with E-state index in [0.29, 0.717) is 6.04 Å². The van der Waals surface area contributed by atoms with Gasteiger partial charge >= 0.3 is 0 Å². The molecule has 2 nitrogen and oxygen atoms in total. The molecule has 1 aromatic carbocycles. The van der Waals surface area contributed by atoms with Crippen molar-refractivity contribution in [2.45, 2.75) is 51.5 Å². The van der Waals surface area contributed by atoms with Gasteiger partial charge < -0.3 is 9.55 Å². The predicted molar refractivity (Wildman–Crippen MR) is 88.0 cm³/mol. The summed E-state index contributed by atoms with van der Waals surface area (Å²) in [6.45, 7) is 2.26. The van der Waals surface area contributed by atoms with Gasteiger partial charge in [0.15, 0.2) is 4.77 Å². The third-order valence-electron chi connectivity index (χ3n) is 4.63. The van der Waals surface area contributed by atoms with Crippen LogP contribution in [0.1, 0.15) is 51.5 Å². The molecule has 1 aromatic heterocycles. The first-order chi connectivity index (χ1) is 9.72. The van der Waals surface area contributed by atoms with Crippen LogP contribution < -0.4 is 0 Å². The molecule has 1 unspecified atom stereocenters. The minimum atomic E-state index is 0.469. The van der Waals surface area contributed by atoms with Gasteiger partial charge in [-0.05, 0) is 49.5 Å². The Bertz CT molecular complexity index is 652. The summed E-state index contributed by atoms with van der Waals surface area (Å²) in [5.74, 6) is 0.732. The summed E-state index contributed by atoms with van der Waals surface area (Å²) in [5.41, 5.74) is 2.13. The Kier molecular flexibility index (Phi) is 4.18. The molecule has 1 fully saturated rings. The van der Waals surface area contributed by atoms with E-state index < -0.39 is 0 Å². The van der Waals surface area contributed by atoms with Crippen molar-refractivity contribution in [2.24, 2.45) is 5.92 Å². The Labute approximate surface area is 130 Å². The number of halogens is 1. The highest BCUT2D eigenvalue weighted by molar-refractivity contribution is 7.71. The number of rotatable bonds is 3. The fourth-order valence-corrected chi connectivity index (χ4v) is 4.30. The lowest BCUT2D eigenvalue weighted by Gasteiger charge is -2.31. The van der Waals surface area contributed by atoms with Crippen LogP contribution in [-0.2, 0) is 0 Å². The fraction of sp³-hybridized carbons (Fsp3) is 0.562. The summed E-state index contributed by atoms with van der Waals surface area (Å²) in [6.07, 6.45) is 7.83. The van der Waals surface area contributed by atoms with Crippen LogP contribution in [-0.4, -0.2) is 9.55 Å². The van der Waals surface area contributed by atoms with Gasteiger partial charge in [0.2, 0.25) is 0 Å². The Morgan fingerprint density at radius 2 is 2.10 bits per heavy atom. The SMILES string of the molecule is CCC(C1CCCCC1)n1c(=S)[nH]c2cccc(Cl)c21. The van der Waals surface area contributed by atoms with Gasteiger partial charge in [-0.2, -0.15) is 0 Å². The number of fused-ring (bicyclic) bond motifs is 1. The molecule has 1 heterocycles. The maximum atomic E-state index is 6.43. The van der Waals surface area contributed by atoms with Gasteiger partial charge in [-0.15, -0.1) is 0 Å². The van der Waals surface area contributed by atoms with Crippen molar-refractivity contribution in [1.82, 2.24) is 9.55 Å². The minimum absolute atomic E-state index is 0.469. The molecule has 0 spiro atoms. The van der Waals surface area contributed by atoms with Gasteiger partial charge in [-0.1, -0.05) is 43.9 Å². The van der Waals surface area contributed by atoms with E-state index in [9.17, 15) is 0 Å². The quantitative estimate of drug-likeness (QED) is 0.702. The lowest BCUT2D eigenvalue weighted by Crippen LogP contribution is -2.21. The van der Waals surface area contributed by atoms with Gasteiger partial charge in [0.25, 0.3) is 0 Å². The van der Waals surface area contributed by atoms with Crippen molar-refractivity contribution < 1.29 is 0 Å². The first-order valence-electron chi connectivity index (χ1n) is 7.61. The van der Waals surface area contributed by atoms with E-state index >= 15 is 0 Å². The summed E-state index contributed by atoms with van der Waals surface area (Å²) in [7, 11) is 0. The smallest absolute Gasteiger partial charge is 0.178 e. The molecular formula is C16H21ClN2S. The molecule has 0 aliphatic heterocycles. The number of hydrogen-bond acceptors (Lipinski definition) is 1. The number of benzene rings is 1. The highest BCUT2D eigenvalue weighted by Gasteiger charge is 2.26. The molecule has 1 aliphatic rings. The summed E-state index contributed by atoms with van der Waals surface area (Å²) in [5, 5.41) is 0.795. The third kappa shape index (κ3) is 2.42. The summed E-state index contributed by atoms with van der Waals surface area (Å²) in [6, 6.07) is 6.45. The third-order valence-corrected chi connectivity index (χ3v) is 5.24. The van der Waals surface area contributed by atoms with E-state index in [1.165, 1.54) is 32.1 Å². The molecule has 0 bridgehead atoms. The van der Waals surface area contributed by atoms with Gasteiger partial charge in [0, 0.05) is 6.04 Å². The number of H-pyrrole nitrogens is 1. The maximum Gasteiger partial charge on any atom is 0.178 e. The van der Waals surface area contributed by atoms with Crippen LogP contribution in [0, 0.1) is 10.7 Å². The van der Waals surface area contributed by atoms with Crippen molar-refractivity contribution >= 4 is 34.9 Å². The lowest BCUT2D eigenvalue weighted by atomic mass is 9.83. The second-order valence-corrected chi connectivity index (χ2v) is 6.60. The molecule has 1 saturated carbocycles. The number of aromatic nitrogens is 2. The largest absolute Gasteiger partial charge is 0.331 e. The number of nitrogens with one attached hydrogen (secondary N) is 1. The van der Waals surface area contributed by atoms with Crippen LogP contribution >= 0.6 is 23.8 Å². The number of imidazole rings is 1. The zero-order chi connectivity index (χ0) is 14.1. The summed E-state index contributed by atoms with van der Waals surface area (Å²) < 4.78 is 3.09. The Balaban J connectivity index is 2.11. The number of hydrogen-bond donors (Lipinski definition) is 1. The second kappa shape index (κ2) is 5.90. The monoisotopic (exact) mass is 308 g/mol. The number of para-hydroxylation sites is 1. The zero-order valence-electron chi connectivity index (χ0n) is 11.9. The van der Waals surface area contributed by atoms with Crippen LogP contribution in [0.5, 0.6) is 0 Å². The molecule has 3 rings (SSSR count). The van der Waals surface area contributed by atoms with E-state index in [1.54, 1.807) is 0 Å². The van der Waals surface area contributed by atoms with Crippen molar-refractivity contribution in [1.29, 1.82) is 0 Å². The van der Waals surface area contributed by atoms with Crippen LogP contribution in [0.2, 0.25) is 5.02 Å². The molecule has 2 aromatic rings. The van der Waals surface area contributed by atoms with Crippen LogP contribution in [0.25, 0.3) is 11.0 Å². The highest BCUT2D eigenvalue weighted by Crippen LogP contribution is 2.38. The first-order valence-corrected chi connectivity index (χ1v) is 8.39. The number of aromatic amines is 1. The van der Waals surface area contributed by atoms with E-state index in [2.05, 4.69) is 22.5 Å². The molecule has 0 saturated heterocycles. The van der Waals surface area contributed by atoms with Crippen molar-refractivity contribution in [2.75, 3.05) is 0 Å². The van der Waals surface area contributed by atoms with Gasteiger partial charge in [0.1, 0.15) is 0 Å². The van der Waals surface area contributed by atoms with Gasteiger partial charge in [-0.25, -0.2) is 0 Å². The zero-order valence-corrected chi connectivity index (χ0v) is 13.4. The van der Waals surface area contributed by atoms with E-state index in [4.69, 9.17) is 23.8 Å². The molecule has 0 amide bonds. The van der Waals surface area contributed by atoms with Crippen molar-refractivity contribution in [3.8, 4) is 0 Å². The lowest BCUT2D eigenvalue weighted by molar-refractivity contribution is 0.245. The van der Waals surface area contributed by atoms with Crippen molar-refractivity contribution in [3.05, 3.63) is 28.0 Å². The van der Waals surface area contributed by atoms with Crippen LogP contribution in [0.4, 0.5) is 0 Å². The Morgan fingerprint density at radius 1 is 1.35 bits per heavy atom. The summed E-state index contributed by atoms with van der Waals surface area (Å²) in [4.78, 5) is 3.32. The molecule has 1 atom stereocenters. The topological polar surface area (TPSA) is 20.7 Å². The molecule has 1 N–H and O–H groups in total. The van der Waals surface area contributed by atoms with E-state index in [1.807, 2.05) is 12.1 Å². The molecular weight excluding hydrogens is 288 g/mol. The molecule has 20 heavy (non-hydrogen) atoms. The van der Waals surface area contributed by atoms with E-state index in [0.717, 1.165) is 33.2 Å². The summed E-state index contributed by atoms with van der Waals surface area (Å²) >= 11 is 12.0. The first kappa shape index (κ1) is 14.2. The second-order valence-electron chi connectivity index (χ2n) is 5.81.